The van der Waals surface area contributed by atoms with Crippen LogP contribution < -0.4 is 5.32 Å². The predicted octanol–water partition coefficient (Wildman–Crippen LogP) is 2.75. The van der Waals surface area contributed by atoms with E-state index >= 15 is 0 Å². The maximum atomic E-state index is 5.35. The third-order valence-corrected chi connectivity index (χ3v) is 4.52. The summed E-state index contributed by atoms with van der Waals surface area (Å²) in [5.74, 6) is 2.72. The average molecular weight is 275 g/mol. The van der Waals surface area contributed by atoms with Gasteiger partial charge in [-0.2, -0.15) is 4.98 Å². The number of hydrogen-bond donors (Lipinski definition) is 1. The van der Waals surface area contributed by atoms with Gasteiger partial charge in [-0.15, -0.1) is 11.8 Å². The fraction of sp³-hybridized carbons (Fsp3) is 0.429. The fourth-order valence-corrected chi connectivity index (χ4v) is 3.09. The molecule has 2 aromatic rings. The predicted molar refractivity (Wildman–Crippen MR) is 75.3 cm³/mol. The van der Waals surface area contributed by atoms with Crippen LogP contribution in [-0.4, -0.2) is 23.2 Å². The van der Waals surface area contributed by atoms with Gasteiger partial charge in [-0.05, 0) is 31.5 Å². The first-order valence-corrected chi connectivity index (χ1v) is 7.53. The van der Waals surface area contributed by atoms with E-state index in [1.165, 1.54) is 10.5 Å². The zero-order chi connectivity index (χ0) is 13.1. The molecule has 1 aliphatic heterocycles. The zero-order valence-electron chi connectivity index (χ0n) is 10.9. The Bertz CT molecular complexity index is 549. The summed E-state index contributed by atoms with van der Waals surface area (Å²) in [6, 6.07) is 8.36. The number of aromatic nitrogens is 2. The first kappa shape index (κ1) is 12.7. The quantitative estimate of drug-likeness (QED) is 0.870. The number of aryl methyl sites for hydroxylation is 1. The summed E-state index contributed by atoms with van der Waals surface area (Å²) < 4.78 is 5.35. The Labute approximate surface area is 117 Å². The number of benzene rings is 1. The third kappa shape index (κ3) is 2.98. The van der Waals surface area contributed by atoms with Gasteiger partial charge in [0.05, 0.1) is 11.7 Å². The molecule has 5 heteroatoms. The van der Waals surface area contributed by atoms with Crippen molar-refractivity contribution >= 4 is 11.8 Å². The minimum atomic E-state index is 0.393. The van der Waals surface area contributed by atoms with Crippen LogP contribution in [0, 0.1) is 6.92 Å². The minimum absolute atomic E-state index is 0.393. The van der Waals surface area contributed by atoms with Crippen LogP contribution in [0.5, 0.6) is 0 Å². The second-order valence-corrected chi connectivity index (χ2v) is 5.81. The van der Waals surface area contributed by atoms with Crippen molar-refractivity contribution < 1.29 is 4.52 Å². The lowest BCUT2D eigenvalue weighted by molar-refractivity contribution is 0.355. The maximum Gasteiger partial charge on any atom is 0.231 e. The molecule has 19 heavy (non-hydrogen) atoms. The van der Waals surface area contributed by atoms with E-state index in [0.717, 1.165) is 37.0 Å². The molecule has 0 amide bonds. The van der Waals surface area contributed by atoms with Crippen LogP contribution in [0.3, 0.4) is 0 Å². The second kappa shape index (κ2) is 5.75. The Morgan fingerprint density at radius 3 is 3.11 bits per heavy atom. The molecular weight excluding hydrogens is 258 g/mol. The second-order valence-electron chi connectivity index (χ2n) is 4.79. The highest BCUT2D eigenvalue weighted by Crippen LogP contribution is 2.26. The van der Waals surface area contributed by atoms with Crippen LogP contribution in [0.2, 0.25) is 0 Å². The molecule has 0 radical (unpaired) electrons. The van der Waals surface area contributed by atoms with Gasteiger partial charge >= 0.3 is 0 Å². The minimum Gasteiger partial charge on any atom is -0.339 e. The van der Waals surface area contributed by atoms with Gasteiger partial charge in [0.25, 0.3) is 0 Å². The van der Waals surface area contributed by atoms with Gasteiger partial charge in [-0.25, -0.2) is 0 Å². The van der Waals surface area contributed by atoms with E-state index in [4.69, 9.17) is 4.52 Å². The van der Waals surface area contributed by atoms with Crippen LogP contribution in [0.15, 0.2) is 33.7 Å². The summed E-state index contributed by atoms with van der Waals surface area (Å²) in [6.07, 6.45) is 1.09. The molecule has 1 saturated heterocycles. The summed E-state index contributed by atoms with van der Waals surface area (Å²) in [5.41, 5.74) is 1.29. The lowest BCUT2D eigenvalue weighted by Gasteiger charge is -2.02. The first-order chi connectivity index (χ1) is 9.33. The SMILES string of the molecule is Cc1ccccc1SCc1noc(C2CCNC2)n1. The topological polar surface area (TPSA) is 51.0 Å². The molecule has 1 unspecified atom stereocenters. The Morgan fingerprint density at radius 2 is 2.32 bits per heavy atom. The molecule has 0 saturated carbocycles. The van der Waals surface area contributed by atoms with Crippen molar-refractivity contribution in [3.05, 3.63) is 41.5 Å². The lowest BCUT2D eigenvalue weighted by Crippen LogP contribution is -2.08. The smallest absolute Gasteiger partial charge is 0.231 e. The largest absolute Gasteiger partial charge is 0.339 e. The number of hydrogen-bond acceptors (Lipinski definition) is 5. The molecule has 2 heterocycles. The molecule has 4 nitrogen and oxygen atoms in total. The van der Waals surface area contributed by atoms with Crippen LogP contribution in [0.25, 0.3) is 0 Å². The average Bonchev–Trinajstić information content (AvgIpc) is 3.09. The lowest BCUT2D eigenvalue weighted by atomic mass is 10.1. The summed E-state index contributed by atoms with van der Waals surface area (Å²) in [7, 11) is 0. The van der Waals surface area contributed by atoms with Crippen molar-refractivity contribution in [1.82, 2.24) is 15.5 Å². The Balaban J connectivity index is 1.63. The molecule has 1 aromatic heterocycles. The highest BCUT2D eigenvalue weighted by atomic mass is 32.2. The van der Waals surface area contributed by atoms with Gasteiger partial charge in [0, 0.05) is 11.4 Å². The van der Waals surface area contributed by atoms with Crippen molar-refractivity contribution in [2.45, 2.75) is 29.9 Å². The summed E-state index contributed by atoms with van der Waals surface area (Å²) in [6.45, 7) is 4.11. The van der Waals surface area contributed by atoms with Gasteiger partial charge < -0.3 is 9.84 Å². The summed E-state index contributed by atoms with van der Waals surface area (Å²) in [4.78, 5) is 5.77. The van der Waals surface area contributed by atoms with Crippen LogP contribution in [-0.2, 0) is 5.75 Å². The summed E-state index contributed by atoms with van der Waals surface area (Å²) in [5, 5.41) is 7.38. The Kier molecular flexibility index (Phi) is 3.84. The summed E-state index contributed by atoms with van der Waals surface area (Å²) >= 11 is 1.76. The zero-order valence-corrected chi connectivity index (χ0v) is 11.7. The van der Waals surface area contributed by atoms with Crippen molar-refractivity contribution in [2.75, 3.05) is 13.1 Å². The number of nitrogens with one attached hydrogen (secondary N) is 1. The van der Waals surface area contributed by atoms with Crippen molar-refractivity contribution in [3.8, 4) is 0 Å². The molecule has 1 aromatic carbocycles. The maximum absolute atomic E-state index is 5.35. The molecule has 0 bridgehead atoms. The molecule has 1 N–H and O–H groups in total. The monoisotopic (exact) mass is 275 g/mol. The van der Waals surface area contributed by atoms with Crippen LogP contribution >= 0.6 is 11.8 Å². The van der Waals surface area contributed by atoms with E-state index in [1.807, 2.05) is 0 Å². The van der Waals surface area contributed by atoms with E-state index < -0.39 is 0 Å². The normalized spacial score (nSPS) is 18.9. The molecule has 0 spiro atoms. The molecule has 3 rings (SSSR count). The van der Waals surface area contributed by atoms with E-state index in [9.17, 15) is 0 Å². The Morgan fingerprint density at radius 1 is 1.42 bits per heavy atom. The number of nitrogens with zero attached hydrogens (tertiary/aromatic N) is 2. The molecule has 1 aliphatic rings. The van der Waals surface area contributed by atoms with Crippen molar-refractivity contribution in [3.63, 3.8) is 0 Å². The number of thioether (sulfide) groups is 1. The molecule has 1 atom stereocenters. The van der Waals surface area contributed by atoms with Crippen molar-refractivity contribution in [2.24, 2.45) is 0 Å². The van der Waals surface area contributed by atoms with Crippen molar-refractivity contribution in [1.29, 1.82) is 0 Å². The van der Waals surface area contributed by atoms with Gasteiger partial charge in [0.15, 0.2) is 5.82 Å². The third-order valence-electron chi connectivity index (χ3n) is 3.34. The van der Waals surface area contributed by atoms with Gasteiger partial charge in [-0.1, -0.05) is 23.4 Å². The van der Waals surface area contributed by atoms with Crippen LogP contribution in [0.1, 0.15) is 29.6 Å². The van der Waals surface area contributed by atoms with E-state index in [0.29, 0.717) is 5.92 Å². The van der Waals surface area contributed by atoms with Crippen LogP contribution in [0.4, 0.5) is 0 Å². The standard InChI is InChI=1S/C14H17N3OS/c1-10-4-2-3-5-12(10)19-9-13-16-14(18-17-13)11-6-7-15-8-11/h2-5,11,15H,6-9H2,1H3. The highest BCUT2D eigenvalue weighted by Gasteiger charge is 2.22. The van der Waals surface area contributed by atoms with E-state index in [2.05, 4.69) is 46.6 Å². The van der Waals surface area contributed by atoms with Gasteiger partial charge in [0.1, 0.15) is 0 Å². The molecule has 1 fully saturated rings. The van der Waals surface area contributed by atoms with E-state index in [1.54, 1.807) is 11.8 Å². The highest BCUT2D eigenvalue weighted by molar-refractivity contribution is 7.98. The first-order valence-electron chi connectivity index (χ1n) is 6.54. The molecular formula is C14H17N3OS. The van der Waals surface area contributed by atoms with Gasteiger partial charge in [0.2, 0.25) is 5.89 Å². The molecule has 100 valence electrons. The Hall–Kier alpha value is -1.33. The van der Waals surface area contributed by atoms with Gasteiger partial charge in [-0.3, -0.25) is 0 Å². The fourth-order valence-electron chi connectivity index (χ4n) is 2.22. The number of rotatable bonds is 4. The van der Waals surface area contributed by atoms with E-state index in [-0.39, 0.29) is 0 Å². The molecule has 0 aliphatic carbocycles.